The number of carbonyl (C=O) groups excluding carboxylic acids is 2. The number of rotatable bonds is 7. The Bertz CT molecular complexity index is 1350. The highest BCUT2D eigenvalue weighted by molar-refractivity contribution is 6.30. The quantitative estimate of drug-likeness (QED) is 0.336. The van der Waals surface area contributed by atoms with Crippen LogP contribution in [0.1, 0.15) is 44.7 Å². The highest BCUT2D eigenvalue weighted by Crippen LogP contribution is 2.29. The van der Waals surface area contributed by atoms with Crippen LogP contribution >= 0.6 is 11.6 Å². The van der Waals surface area contributed by atoms with Gasteiger partial charge in [0.15, 0.2) is 0 Å². The molecule has 1 aliphatic rings. The lowest BCUT2D eigenvalue weighted by Crippen LogP contribution is -2.46. The van der Waals surface area contributed by atoms with Crippen LogP contribution in [0.4, 0.5) is 15.4 Å². The smallest absolute Gasteiger partial charge is 0.407 e. The minimum Gasteiger partial charge on any atom is -0.445 e. The molecule has 0 aliphatic carbocycles. The molecule has 0 atom stereocenters. The van der Waals surface area contributed by atoms with Crippen LogP contribution in [0.2, 0.25) is 5.02 Å². The van der Waals surface area contributed by atoms with Crippen LogP contribution in [0.5, 0.6) is 11.6 Å². The summed E-state index contributed by atoms with van der Waals surface area (Å²) in [7, 11) is 1.50. The van der Waals surface area contributed by atoms with Crippen molar-refractivity contribution < 1.29 is 23.8 Å². The number of alkyl carbamates (subject to hydrolysis) is 2. The van der Waals surface area contributed by atoms with E-state index in [-0.39, 0.29) is 18.7 Å². The van der Waals surface area contributed by atoms with Crippen LogP contribution < -0.4 is 20.3 Å². The molecule has 1 aliphatic heterocycles. The van der Waals surface area contributed by atoms with E-state index < -0.39 is 11.7 Å². The van der Waals surface area contributed by atoms with Gasteiger partial charge in [0, 0.05) is 42.8 Å². The number of hydrogen-bond acceptors (Lipinski definition) is 8. The van der Waals surface area contributed by atoms with Gasteiger partial charge in [0.1, 0.15) is 23.8 Å². The molecule has 0 saturated carbocycles. The molecule has 2 N–H and O–H groups in total. The zero-order chi connectivity index (χ0) is 29.6. The monoisotopic (exact) mass is 581 g/mol. The molecule has 3 heterocycles. The highest BCUT2D eigenvalue weighted by Gasteiger charge is 2.24. The van der Waals surface area contributed by atoms with E-state index in [1.165, 1.54) is 7.05 Å². The Morgan fingerprint density at radius 1 is 1.07 bits per heavy atom. The average Bonchev–Trinajstić information content (AvgIpc) is 2.91. The highest BCUT2D eigenvalue weighted by atomic mass is 35.5. The SMILES string of the molecule is CNC(=O)OCc1cc(Oc2ccc(N3CCC(NC(=O)OC(C)(C)C)CC3)nc2)nc(-c2cc(C)cc(Cl)c2)c1. The fourth-order valence-electron chi connectivity index (χ4n) is 4.42. The molecule has 218 valence electrons. The number of aryl methyl sites for hydroxylation is 1. The summed E-state index contributed by atoms with van der Waals surface area (Å²) in [6.07, 6.45) is 2.31. The Balaban J connectivity index is 1.43. The van der Waals surface area contributed by atoms with Gasteiger partial charge in [-0.25, -0.2) is 19.6 Å². The average molecular weight is 582 g/mol. The normalized spacial score (nSPS) is 13.9. The number of halogens is 1. The number of amides is 2. The van der Waals surface area contributed by atoms with Crippen LogP contribution in [-0.2, 0) is 16.1 Å². The lowest BCUT2D eigenvalue weighted by Gasteiger charge is -2.33. The first-order valence-corrected chi connectivity index (χ1v) is 13.9. The Kier molecular flexibility index (Phi) is 9.54. The van der Waals surface area contributed by atoms with Gasteiger partial charge in [-0.05, 0) is 88.1 Å². The first kappa shape index (κ1) is 29.9. The molecule has 0 unspecified atom stereocenters. The van der Waals surface area contributed by atoms with Gasteiger partial charge in [0.05, 0.1) is 11.9 Å². The van der Waals surface area contributed by atoms with Crippen molar-refractivity contribution >= 4 is 29.6 Å². The predicted octanol–water partition coefficient (Wildman–Crippen LogP) is 6.25. The van der Waals surface area contributed by atoms with Crippen LogP contribution in [0, 0.1) is 6.92 Å². The summed E-state index contributed by atoms with van der Waals surface area (Å²) in [6, 6.07) is 13.0. The second-order valence-electron chi connectivity index (χ2n) is 10.9. The molecule has 1 aromatic carbocycles. The summed E-state index contributed by atoms with van der Waals surface area (Å²) < 4.78 is 16.7. The number of nitrogens with one attached hydrogen (secondary N) is 2. The van der Waals surface area contributed by atoms with E-state index in [9.17, 15) is 9.59 Å². The van der Waals surface area contributed by atoms with Crippen LogP contribution in [0.3, 0.4) is 0 Å². The number of anilines is 1. The zero-order valence-electron chi connectivity index (χ0n) is 24.0. The standard InChI is InChI=1S/C30H36ClN5O5/c1-19-12-21(16-22(31)13-19)25-14-20(18-39-28(37)32-5)15-27(35-25)40-24-6-7-26(33-17-24)36-10-8-23(9-11-36)34-29(38)41-30(2,3)4/h6-7,12-17,23H,8-11,18H2,1-5H3,(H,32,37)(H,34,38). The van der Waals surface area contributed by atoms with Crippen molar-refractivity contribution in [1.29, 1.82) is 0 Å². The maximum Gasteiger partial charge on any atom is 0.407 e. The van der Waals surface area contributed by atoms with Gasteiger partial charge >= 0.3 is 12.2 Å². The maximum atomic E-state index is 12.1. The minimum atomic E-state index is -0.533. The Hall–Kier alpha value is -4.05. The second kappa shape index (κ2) is 13.1. The van der Waals surface area contributed by atoms with Crippen molar-refractivity contribution in [3.8, 4) is 22.9 Å². The molecular formula is C30H36ClN5O5. The summed E-state index contributed by atoms with van der Waals surface area (Å²) in [5.41, 5.74) is 2.63. The molecule has 10 nitrogen and oxygen atoms in total. The Morgan fingerprint density at radius 2 is 1.83 bits per heavy atom. The summed E-state index contributed by atoms with van der Waals surface area (Å²) in [6.45, 7) is 9.06. The first-order chi connectivity index (χ1) is 19.5. The molecule has 1 fully saturated rings. The van der Waals surface area contributed by atoms with Crippen molar-refractivity contribution in [3.63, 3.8) is 0 Å². The molecule has 4 rings (SSSR count). The summed E-state index contributed by atoms with van der Waals surface area (Å²) in [5, 5.41) is 5.99. The fourth-order valence-corrected chi connectivity index (χ4v) is 4.71. The maximum absolute atomic E-state index is 12.1. The van der Waals surface area contributed by atoms with Crippen LogP contribution in [0.15, 0.2) is 48.7 Å². The molecule has 1 saturated heterocycles. The van der Waals surface area contributed by atoms with E-state index in [2.05, 4.69) is 25.5 Å². The third-order valence-electron chi connectivity index (χ3n) is 6.26. The van der Waals surface area contributed by atoms with Crippen LogP contribution in [-0.4, -0.2) is 53.9 Å². The number of nitrogens with zero attached hydrogens (tertiary/aromatic N) is 3. The fraction of sp³-hybridized carbons (Fsp3) is 0.400. The van der Waals surface area contributed by atoms with Crippen LogP contribution in [0.25, 0.3) is 11.3 Å². The van der Waals surface area contributed by atoms with Gasteiger partial charge in [0.25, 0.3) is 0 Å². The van der Waals surface area contributed by atoms with Gasteiger partial charge < -0.3 is 29.7 Å². The minimum absolute atomic E-state index is 0.0427. The molecular weight excluding hydrogens is 546 g/mol. The molecule has 41 heavy (non-hydrogen) atoms. The van der Waals surface area contributed by atoms with Crippen molar-refractivity contribution in [3.05, 3.63) is 64.8 Å². The molecule has 0 spiro atoms. The number of carbonyl (C=O) groups is 2. The Labute approximate surface area is 245 Å². The van der Waals surface area contributed by atoms with Crippen molar-refractivity contribution in [2.75, 3.05) is 25.0 Å². The zero-order valence-corrected chi connectivity index (χ0v) is 24.7. The molecule has 2 aromatic heterocycles. The number of hydrogen-bond donors (Lipinski definition) is 2. The van der Waals surface area contributed by atoms with Gasteiger partial charge in [-0.1, -0.05) is 11.6 Å². The predicted molar refractivity (Wildman–Crippen MR) is 158 cm³/mol. The molecule has 3 aromatic rings. The van der Waals surface area contributed by atoms with Crippen molar-refractivity contribution in [2.24, 2.45) is 0 Å². The number of benzene rings is 1. The van der Waals surface area contributed by atoms with Gasteiger partial charge in [-0.3, -0.25) is 0 Å². The third kappa shape index (κ3) is 8.97. The number of piperidine rings is 1. The topological polar surface area (TPSA) is 115 Å². The number of ether oxygens (including phenoxy) is 3. The van der Waals surface area contributed by atoms with E-state index in [4.69, 9.17) is 25.8 Å². The molecule has 11 heteroatoms. The lowest BCUT2D eigenvalue weighted by atomic mass is 10.1. The number of pyridine rings is 2. The van der Waals surface area contributed by atoms with Crippen molar-refractivity contribution in [1.82, 2.24) is 20.6 Å². The molecule has 2 amide bonds. The first-order valence-electron chi connectivity index (χ1n) is 13.5. The Morgan fingerprint density at radius 3 is 2.46 bits per heavy atom. The lowest BCUT2D eigenvalue weighted by molar-refractivity contribution is 0.0497. The molecule has 0 bridgehead atoms. The van der Waals surface area contributed by atoms with E-state index in [1.807, 2.05) is 64.1 Å². The van der Waals surface area contributed by atoms with Gasteiger partial charge in [-0.15, -0.1) is 0 Å². The molecule has 0 radical (unpaired) electrons. The van der Waals surface area contributed by atoms with Gasteiger partial charge in [-0.2, -0.15) is 0 Å². The summed E-state index contributed by atoms with van der Waals surface area (Å²) in [4.78, 5) is 35.2. The summed E-state index contributed by atoms with van der Waals surface area (Å²) in [5.74, 6) is 1.67. The van der Waals surface area contributed by atoms with Crippen molar-refractivity contribution in [2.45, 2.75) is 58.8 Å². The second-order valence-corrected chi connectivity index (χ2v) is 11.3. The number of aromatic nitrogens is 2. The largest absolute Gasteiger partial charge is 0.445 e. The van der Waals surface area contributed by atoms with Gasteiger partial charge in [0.2, 0.25) is 5.88 Å². The van der Waals surface area contributed by atoms with E-state index in [0.29, 0.717) is 27.9 Å². The summed E-state index contributed by atoms with van der Waals surface area (Å²) >= 11 is 6.29. The van der Waals surface area contributed by atoms with E-state index >= 15 is 0 Å². The van der Waals surface area contributed by atoms with E-state index in [1.54, 1.807) is 12.3 Å². The van der Waals surface area contributed by atoms with E-state index in [0.717, 1.165) is 42.9 Å². The third-order valence-corrected chi connectivity index (χ3v) is 6.47.